The first-order valence-corrected chi connectivity index (χ1v) is 7.34. The van der Waals surface area contributed by atoms with E-state index >= 15 is 0 Å². The molecule has 1 amide bonds. The highest BCUT2D eigenvalue weighted by molar-refractivity contribution is 5.81. The van der Waals surface area contributed by atoms with Gasteiger partial charge in [-0.05, 0) is 32.1 Å². The molecule has 1 heterocycles. The van der Waals surface area contributed by atoms with Gasteiger partial charge in [0.05, 0.1) is 6.04 Å². The summed E-state index contributed by atoms with van der Waals surface area (Å²) < 4.78 is 0. The van der Waals surface area contributed by atoms with E-state index in [9.17, 15) is 4.79 Å². The second-order valence-corrected chi connectivity index (χ2v) is 6.24. The second-order valence-electron chi connectivity index (χ2n) is 6.24. The maximum absolute atomic E-state index is 11.9. The van der Waals surface area contributed by atoms with Crippen LogP contribution in [0.1, 0.15) is 40.0 Å². The van der Waals surface area contributed by atoms with Gasteiger partial charge in [0.1, 0.15) is 0 Å². The summed E-state index contributed by atoms with van der Waals surface area (Å²) in [6.07, 6.45) is 3.92. The Balaban J connectivity index is 1.67. The molecule has 1 saturated carbocycles. The number of carbonyl (C=O) groups is 1. The standard InChI is InChI=1S/C14H27N3O/c1-10(2)8-15-14(18)11(3)16-12-6-7-17(9-12)13-4-5-13/h10-13,16H,4-9H2,1-3H3,(H,15,18). The van der Waals surface area contributed by atoms with Crippen LogP contribution < -0.4 is 10.6 Å². The van der Waals surface area contributed by atoms with E-state index in [1.54, 1.807) is 0 Å². The van der Waals surface area contributed by atoms with Crippen LogP contribution >= 0.6 is 0 Å². The maximum atomic E-state index is 11.9. The zero-order valence-corrected chi connectivity index (χ0v) is 11.9. The van der Waals surface area contributed by atoms with Crippen molar-refractivity contribution < 1.29 is 4.79 Å². The molecule has 18 heavy (non-hydrogen) atoms. The van der Waals surface area contributed by atoms with Crippen LogP contribution in [-0.2, 0) is 4.79 Å². The third-order valence-corrected chi connectivity index (χ3v) is 3.85. The van der Waals surface area contributed by atoms with Crippen LogP contribution in [0, 0.1) is 5.92 Å². The van der Waals surface area contributed by atoms with Crippen molar-refractivity contribution in [1.29, 1.82) is 0 Å². The Morgan fingerprint density at radius 1 is 1.28 bits per heavy atom. The fraction of sp³-hybridized carbons (Fsp3) is 0.929. The van der Waals surface area contributed by atoms with Gasteiger partial charge in [-0.2, -0.15) is 0 Å². The average Bonchev–Trinajstić information content (AvgIpc) is 3.07. The Hall–Kier alpha value is -0.610. The van der Waals surface area contributed by atoms with Gasteiger partial charge in [0.2, 0.25) is 5.91 Å². The van der Waals surface area contributed by atoms with Crippen molar-refractivity contribution in [1.82, 2.24) is 15.5 Å². The molecule has 2 N–H and O–H groups in total. The highest BCUT2D eigenvalue weighted by Crippen LogP contribution is 2.29. The van der Waals surface area contributed by atoms with Crippen molar-refractivity contribution in [2.24, 2.45) is 5.92 Å². The molecule has 2 aliphatic rings. The van der Waals surface area contributed by atoms with Gasteiger partial charge in [0, 0.05) is 31.7 Å². The Morgan fingerprint density at radius 2 is 2.00 bits per heavy atom. The molecule has 0 aromatic heterocycles. The molecule has 104 valence electrons. The summed E-state index contributed by atoms with van der Waals surface area (Å²) in [4.78, 5) is 14.4. The van der Waals surface area contributed by atoms with Crippen molar-refractivity contribution >= 4 is 5.91 Å². The first-order valence-electron chi connectivity index (χ1n) is 7.34. The molecule has 4 heteroatoms. The van der Waals surface area contributed by atoms with Crippen molar-refractivity contribution in [3.8, 4) is 0 Å². The van der Waals surface area contributed by atoms with Gasteiger partial charge < -0.3 is 10.6 Å². The predicted molar refractivity (Wildman–Crippen MR) is 73.4 cm³/mol. The van der Waals surface area contributed by atoms with Crippen molar-refractivity contribution in [2.45, 2.75) is 58.2 Å². The zero-order valence-electron chi connectivity index (χ0n) is 11.9. The lowest BCUT2D eigenvalue weighted by Gasteiger charge is -2.20. The van der Waals surface area contributed by atoms with Gasteiger partial charge >= 0.3 is 0 Å². The number of hydrogen-bond donors (Lipinski definition) is 2. The SMILES string of the molecule is CC(C)CNC(=O)C(C)NC1CCN(C2CC2)C1. The van der Waals surface area contributed by atoms with Crippen molar-refractivity contribution in [2.75, 3.05) is 19.6 Å². The second kappa shape index (κ2) is 6.02. The molecule has 1 aliphatic carbocycles. The van der Waals surface area contributed by atoms with Crippen LogP contribution in [-0.4, -0.2) is 48.6 Å². The summed E-state index contributed by atoms with van der Waals surface area (Å²) in [5, 5.41) is 6.45. The molecule has 2 atom stereocenters. The highest BCUT2D eigenvalue weighted by Gasteiger charge is 2.34. The van der Waals surface area contributed by atoms with E-state index in [1.165, 1.54) is 25.8 Å². The molecule has 1 saturated heterocycles. The van der Waals surface area contributed by atoms with E-state index in [-0.39, 0.29) is 11.9 Å². The summed E-state index contributed by atoms with van der Waals surface area (Å²) in [6.45, 7) is 9.28. The van der Waals surface area contributed by atoms with E-state index in [4.69, 9.17) is 0 Å². The Morgan fingerprint density at radius 3 is 2.61 bits per heavy atom. The molecule has 0 spiro atoms. The third-order valence-electron chi connectivity index (χ3n) is 3.85. The highest BCUT2D eigenvalue weighted by atomic mass is 16.2. The van der Waals surface area contributed by atoms with E-state index in [1.807, 2.05) is 6.92 Å². The lowest BCUT2D eigenvalue weighted by atomic mass is 10.2. The van der Waals surface area contributed by atoms with Gasteiger partial charge in [0.25, 0.3) is 0 Å². The first-order chi connectivity index (χ1) is 8.56. The number of likely N-dealkylation sites (tertiary alicyclic amines) is 1. The summed E-state index contributed by atoms with van der Waals surface area (Å²) in [7, 11) is 0. The third kappa shape index (κ3) is 3.95. The number of carbonyl (C=O) groups excluding carboxylic acids is 1. The molecule has 2 rings (SSSR count). The van der Waals surface area contributed by atoms with Crippen LogP contribution in [0.15, 0.2) is 0 Å². The van der Waals surface area contributed by atoms with E-state index in [2.05, 4.69) is 29.4 Å². The fourth-order valence-corrected chi connectivity index (χ4v) is 2.58. The Labute approximate surface area is 110 Å². The molecule has 4 nitrogen and oxygen atoms in total. The van der Waals surface area contributed by atoms with E-state index in [0.717, 1.165) is 19.1 Å². The maximum Gasteiger partial charge on any atom is 0.236 e. The lowest BCUT2D eigenvalue weighted by Crippen LogP contribution is -2.48. The summed E-state index contributed by atoms with van der Waals surface area (Å²) in [5.74, 6) is 0.645. The van der Waals surface area contributed by atoms with Gasteiger partial charge in [-0.1, -0.05) is 13.8 Å². The van der Waals surface area contributed by atoms with Crippen LogP contribution in [0.25, 0.3) is 0 Å². The minimum Gasteiger partial charge on any atom is -0.354 e. The molecule has 0 aromatic carbocycles. The Bertz CT molecular complexity index is 289. The number of hydrogen-bond acceptors (Lipinski definition) is 3. The monoisotopic (exact) mass is 253 g/mol. The first kappa shape index (κ1) is 13.8. The topological polar surface area (TPSA) is 44.4 Å². The van der Waals surface area contributed by atoms with Crippen LogP contribution in [0.3, 0.4) is 0 Å². The molecule has 0 bridgehead atoms. The molecule has 2 unspecified atom stereocenters. The van der Waals surface area contributed by atoms with Gasteiger partial charge in [-0.3, -0.25) is 9.69 Å². The van der Waals surface area contributed by atoms with Crippen LogP contribution in [0.4, 0.5) is 0 Å². The minimum atomic E-state index is -0.0760. The Kier molecular flexibility index (Phi) is 4.62. The fourth-order valence-electron chi connectivity index (χ4n) is 2.58. The zero-order chi connectivity index (χ0) is 13.1. The van der Waals surface area contributed by atoms with E-state index in [0.29, 0.717) is 12.0 Å². The molecule has 2 fully saturated rings. The predicted octanol–water partition coefficient (Wildman–Crippen LogP) is 0.973. The quantitative estimate of drug-likeness (QED) is 0.741. The molecule has 0 aromatic rings. The normalized spacial score (nSPS) is 26.6. The molecule has 1 aliphatic heterocycles. The number of nitrogens with zero attached hydrogens (tertiary/aromatic N) is 1. The molecule has 0 radical (unpaired) electrons. The van der Waals surface area contributed by atoms with Crippen molar-refractivity contribution in [3.05, 3.63) is 0 Å². The smallest absolute Gasteiger partial charge is 0.236 e. The molecular weight excluding hydrogens is 226 g/mol. The number of rotatable bonds is 6. The minimum absolute atomic E-state index is 0.0760. The van der Waals surface area contributed by atoms with Crippen LogP contribution in [0.2, 0.25) is 0 Å². The van der Waals surface area contributed by atoms with Gasteiger partial charge in [-0.25, -0.2) is 0 Å². The molecular formula is C14H27N3O. The number of amides is 1. The largest absolute Gasteiger partial charge is 0.354 e. The average molecular weight is 253 g/mol. The lowest BCUT2D eigenvalue weighted by molar-refractivity contribution is -0.123. The summed E-state index contributed by atoms with van der Waals surface area (Å²) in [5.41, 5.74) is 0. The van der Waals surface area contributed by atoms with Gasteiger partial charge in [-0.15, -0.1) is 0 Å². The van der Waals surface area contributed by atoms with Crippen molar-refractivity contribution in [3.63, 3.8) is 0 Å². The van der Waals surface area contributed by atoms with Crippen LogP contribution in [0.5, 0.6) is 0 Å². The summed E-state index contributed by atoms with van der Waals surface area (Å²) in [6, 6.07) is 1.26. The number of nitrogens with one attached hydrogen (secondary N) is 2. The van der Waals surface area contributed by atoms with Gasteiger partial charge in [0.15, 0.2) is 0 Å². The summed E-state index contributed by atoms with van der Waals surface area (Å²) >= 11 is 0. The van der Waals surface area contributed by atoms with E-state index < -0.39 is 0 Å².